The van der Waals surface area contributed by atoms with E-state index in [4.69, 9.17) is 0 Å². The lowest BCUT2D eigenvalue weighted by atomic mass is 9.96. The molecule has 0 aliphatic carbocycles. The minimum atomic E-state index is -0.511. The molecule has 0 saturated carbocycles. The summed E-state index contributed by atoms with van der Waals surface area (Å²) in [5.74, 6) is -1.51. The molecule has 23 heavy (non-hydrogen) atoms. The SMILES string of the molecule is CC[C@@H](C(=O)NCC(=O)Nc1ccccc1F)c1ccccc1. The van der Waals surface area contributed by atoms with E-state index in [2.05, 4.69) is 10.6 Å². The zero-order valence-electron chi connectivity index (χ0n) is 12.9. The fourth-order valence-electron chi connectivity index (χ4n) is 2.31. The maximum atomic E-state index is 13.5. The molecule has 2 aromatic carbocycles. The highest BCUT2D eigenvalue weighted by Gasteiger charge is 2.19. The summed E-state index contributed by atoms with van der Waals surface area (Å²) in [6.07, 6.45) is 0.630. The number of amides is 2. The Kier molecular flexibility index (Phi) is 5.86. The Morgan fingerprint density at radius 1 is 1.04 bits per heavy atom. The first-order valence-corrected chi connectivity index (χ1v) is 7.49. The van der Waals surface area contributed by atoms with Crippen molar-refractivity contribution in [3.8, 4) is 0 Å². The molecule has 5 heteroatoms. The number of nitrogens with one attached hydrogen (secondary N) is 2. The summed E-state index contributed by atoms with van der Waals surface area (Å²) in [5.41, 5.74) is 1.00. The van der Waals surface area contributed by atoms with Crippen molar-refractivity contribution < 1.29 is 14.0 Å². The predicted octanol–water partition coefficient (Wildman–Crippen LogP) is 3.07. The number of hydrogen-bond donors (Lipinski definition) is 2. The van der Waals surface area contributed by atoms with E-state index in [0.717, 1.165) is 5.56 Å². The van der Waals surface area contributed by atoms with E-state index >= 15 is 0 Å². The van der Waals surface area contributed by atoms with Crippen LogP contribution in [0.1, 0.15) is 24.8 Å². The van der Waals surface area contributed by atoms with Crippen LogP contribution in [0, 0.1) is 5.82 Å². The predicted molar refractivity (Wildman–Crippen MR) is 87.5 cm³/mol. The van der Waals surface area contributed by atoms with E-state index in [9.17, 15) is 14.0 Å². The molecule has 2 amide bonds. The molecule has 0 radical (unpaired) electrons. The summed E-state index contributed by atoms with van der Waals surface area (Å²) in [5, 5.41) is 5.03. The maximum absolute atomic E-state index is 13.5. The third-order valence-corrected chi connectivity index (χ3v) is 3.50. The number of carbonyl (C=O) groups excluding carboxylic acids is 2. The standard InChI is InChI=1S/C18H19FN2O2/c1-2-14(13-8-4-3-5-9-13)18(23)20-12-17(22)21-16-11-7-6-10-15(16)19/h3-11,14H,2,12H2,1H3,(H,20,23)(H,21,22)/t14-/m1/s1. The molecule has 0 saturated heterocycles. The van der Waals surface area contributed by atoms with Gasteiger partial charge in [-0.2, -0.15) is 0 Å². The van der Waals surface area contributed by atoms with E-state index < -0.39 is 11.7 Å². The van der Waals surface area contributed by atoms with Gasteiger partial charge in [-0.1, -0.05) is 49.4 Å². The number of carbonyl (C=O) groups is 2. The van der Waals surface area contributed by atoms with E-state index in [1.165, 1.54) is 12.1 Å². The Balaban J connectivity index is 1.90. The lowest BCUT2D eigenvalue weighted by molar-refractivity contribution is -0.125. The molecule has 2 rings (SSSR count). The second-order valence-corrected chi connectivity index (χ2v) is 5.12. The monoisotopic (exact) mass is 314 g/mol. The van der Waals surface area contributed by atoms with Gasteiger partial charge in [0.2, 0.25) is 11.8 Å². The summed E-state index contributed by atoms with van der Waals surface area (Å²) in [6, 6.07) is 15.3. The van der Waals surface area contributed by atoms with Gasteiger partial charge >= 0.3 is 0 Å². The second kappa shape index (κ2) is 8.08. The molecule has 0 aromatic heterocycles. The van der Waals surface area contributed by atoms with E-state index in [1.807, 2.05) is 37.3 Å². The topological polar surface area (TPSA) is 58.2 Å². The number of benzene rings is 2. The zero-order chi connectivity index (χ0) is 16.7. The van der Waals surface area contributed by atoms with Gasteiger partial charge < -0.3 is 10.6 Å². The summed E-state index contributed by atoms with van der Waals surface area (Å²) in [6.45, 7) is 1.72. The van der Waals surface area contributed by atoms with Gasteiger partial charge in [-0.3, -0.25) is 9.59 Å². The number of hydrogen-bond acceptors (Lipinski definition) is 2. The summed E-state index contributed by atoms with van der Waals surface area (Å²) >= 11 is 0. The minimum Gasteiger partial charge on any atom is -0.346 e. The van der Waals surface area contributed by atoms with Gasteiger partial charge in [-0.05, 0) is 24.1 Å². The Morgan fingerprint density at radius 3 is 2.35 bits per heavy atom. The third-order valence-electron chi connectivity index (χ3n) is 3.50. The van der Waals surface area contributed by atoms with Crippen LogP contribution >= 0.6 is 0 Å². The summed E-state index contributed by atoms with van der Waals surface area (Å²) in [7, 11) is 0. The van der Waals surface area contributed by atoms with E-state index in [1.54, 1.807) is 12.1 Å². The van der Waals surface area contributed by atoms with Crippen molar-refractivity contribution in [2.75, 3.05) is 11.9 Å². The van der Waals surface area contributed by atoms with Crippen molar-refractivity contribution in [2.45, 2.75) is 19.3 Å². The first kappa shape index (κ1) is 16.7. The van der Waals surface area contributed by atoms with Crippen LogP contribution in [-0.2, 0) is 9.59 Å². The van der Waals surface area contributed by atoms with Crippen LogP contribution in [0.4, 0.5) is 10.1 Å². The molecule has 4 nitrogen and oxygen atoms in total. The molecule has 0 bridgehead atoms. The van der Waals surface area contributed by atoms with Gasteiger partial charge in [0.1, 0.15) is 5.82 Å². The smallest absolute Gasteiger partial charge is 0.243 e. The Bertz CT molecular complexity index is 674. The van der Waals surface area contributed by atoms with Crippen molar-refractivity contribution in [1.82, 2.24) is 5.32 Å². The molecule has 2 N–H and O–H groups in total. The number of anilines is 1. The maximum Gasteiger partial charge on any atom is 0.243 e. The number of rotatable bonds is 6. The Labute approximate surface area is 134 Å². The van der Waals surface area contributed by atoms with Crippen molar-refractivity contribution in [3.05, 3.63) is 66.0 Å². The van der Waals surface area contributed by atoms with Crippen LogP contribution in [0.3, 0.4) is 0 Å². The largest absolute Gasteiger partial charge is 0.346 e. The molecule has 2 aromatic rings. The fraction of sp³-hybridized carbons (Fsp3) is 0.222. The number of halogens is 1. The van der Waals surface area contributed by atoms with Crippen molar-refractivity contribution in [1.29, 1.82) is 0 Å². The molecule has 0 fully saturated rings. The molecular formula is C18H19FN2O2. The average molecular weight is 314 g/mol. The van der Waals surface area contributed by atoms with Gasteiger partial charge in [0.15, 0.2) is 0 Å². The van der Waals surface area contributed by atoms with E-state index in [0.29, 0.717) is 6.42 Å². The number of para-hydroxylation sites is 1. The minimum absolute atomic E-state index is 0.0989. The first-order valence-electron chi connectivity index (χ1n) is 7.49. The van der Waals surface area contributed by atoms with Crippen LogP contribution in [-0.4, -0.2) is 18.4 Å². The van der Waals surface area contributed by atoms with E-state index in [-0.39, 0.29) is 24.1 Å². The zero-order valence-corrected chi connectivity index (χ0v) is 12.9. The summed E-state index contributed by atoms with van der Waals surface area (Å²) < 4.78 is 13.5. The molecule has 120 valence electrons. The highest BCUT2D eigenvalue weighted by atomic mass is 19.1. The van der Waals surface area contributed by atoms with Crippen LogP contribution in [0.25, 0.3) is 0 Å². The summed E-state index contributed by atoms with van der Waals surface area (Å²) in [4.78, 5) is 24.1. The third kappa shape index (κ3) is 4.64. The van der Waals surface area contributed by atoms with Gasteiger partial charge in [-0.25, -0.2) is 4.39 Å². The van der Waals surface area contributed by atoms with Gasteiger partial charge in [0, 0.05) is 0 Å². The first-order chi connectivity index (χ1) is 11.1. The highest BCUT2D eigenvalue weighted by molar-refractivity contribution is 5.95. The lowest BCUT2D eigenvalue weighted by Gasteiger charge is -2.15. The molecule has 1 atom stereocenters. The molecule has 0 spiro atoms. The fourth-order valence-corrected chi connectivity index (χ4v) is 2.31. The van der Waals surface area contributed by atoms with Crippen molar-refractivity contribution >= 4 is 17.5 Å². The van der Waals surface area contributed by atoms with Crippen LogP contribution in [0.2, 0.25) is 0 Å². The van der Waals surface area contributed by atoms with Crippen molar-refractivity contribution in [3.63, 3.8) is 0 Å². The second-order valence-electron chi connectivity index (χ2n) is 5.12. The Hall–Kier alpha value is -2.69. The molecule has 0 unspecified atom stereocenters. The molecular weight excluding hydrogens is 295 g/mol. The lowest BCUT2D eigenvalue weighted by Crippen LogP contribution is -2.36. The van der Waals surface area contributed by atoms with Crippen LogP contribution < -0.4 is 10.6 Å². The normalized spacial score (nSPS) is 11.6. The van der Waals surface area contributed by atoms with Crippen molar-refractivity contribution in [2.24, 2.45) is 0 Å². The van der Waals surface area contributed by atoms with Crippen LogP contribution in [0.15, 0.2) is 54.6 Å². The van der Waals surface area contributed by atoms with Gasteiger partial charge in [0.05, 0.1) is 18.2 Å². The molecule has 0 aliphatic rings. The molecule has 0 aliphatic heterocycles. The highest BCUT2D eigenvalue weighted by Crippen LogP contribution is 2.19. The quantitative estimate of drug-likeness (QED) is 0.861. The Morgan fingerprint density at radius 2 is 1.70 bits per heavy atom. The van der Waals surface area contributed by atoms with Crippen LogP contribution in [0.5, 0.6) is 0 Å². The molecule has 0 heterocycles. The average Bonchev–Trinajstić information content (AvgIpc) is 2.57. The van der Waals surface area contributed by atoms with Gasteiger partial charge in [0.25, 0.3) is 0 Å². The van der Waals surface area contributed by atoms with Gasteiger partial charge in [-0.15, -0.1) is 0 Å².